The molecule has 11 nitrogen and oxygen atoms in total. The Labute approximate surface area is 186 Å². The SMILES string of the molecule is CC1=C(C(=O)O[C@H]2O[C@@H](CO[C@H]3OC[C@@H](O)[C@@H](O)[C@H]3O)[C@@H](O)[C@@H](O)[C@@H]2O)C(C)(C)CCC1. The monoisotopic (exact) mass is 462 g/mol. The van der Waals surface area contributed by atoms with Crippen LogP contribution in [0, 0.1) is 5.41 Å². The van der Waals surface area contributed by atoms with Crippen LogP contribution in [0.25, 0.3) is 0 Å². The molecule has 0 aromatic rings. The van der Waals surface area contributed by atoms with Crippen LogP contribution in [0.15, 0.2) is 11.1 Å². The van der Waals surface area contributed by atoms with Crippen LogP contribution in [0.2, 0.25) is 0 Å². The van der Waals surface area contributed by atoms with Crippen molar-refractivity contribution in [3.8, 4) is 0 Å². The molecule has 0 amide bonds. The highest BCUT2D eigenvalue weighted by atomic mass is 16.7. The first-order valence-corrected chi connectivity index (χ1v) is 10.8. The number of allylic oxidation sites excluding steroid dienone is 1. The van der Waals surface area contributed by atoms with Crippen molar-refractivity contribution in [2.75, 3.05) is 13.2 Å². The summed E-state index contributed by atoms with van der Waals surface area (Å²) in [5.74, 6) is -0.664. The first-order valence-electron chi connectivity index (χ1n) is 10.8. The summed E-state index contributed by atoms with van der Waals surface area (Å²) in [6, 6.07) is 0. The van der Waals surface area contributed by atoms with E-state index in [0.717, 1.165) is 24.8 Å². The van der Waals surface area contributed by atoms with Gasteiger partial charge < -0.3 is 49.6 Å². The van der Waals surface area contributed by atoms with Gasteiger partial charge in [0.25, 0.3) is 0 Å². The molecule has 0 aromatic carbocycles. The van der Waals surface area contributed by atoms with Gasteiger partial charge in [0, 0.05) is 5.57 Å². The summed E-state index contributed by atoms with van der Waals surface area (Å²) < 4.78 is 21.4. The van der Waals surface area contributed by atoms with Gasteiger partial charge >= 0.3 is 5.97 Å². The van der Waals surface area contributed by atoms with Crippen LogP contribution in [-0.2, 0) is 23.7 Å². The lowest BCUT2D eigenvalue weighted by molar-refractivity contribution is -0.314. The second-order valence-corrected chi connectivity index (χ2v) is 9.40. The van der Waals surface area contributed by atoms with Gasteiger partial charge in [0.1, 0.15) is 42.7 Å². The largest absolute Gasteiger partial charge is 0.429 e. The molecule has 2 heterocycles. The maximum absolute atomic E-state index is 12.9. The fourth-order valence-electron chi connectivity index (χ4n) is 4.51. The molecule has 0 bridgehead atoms. The predicted molar refractivity (Wildman–Crippen MR) is 107 cm³/mol. The van der Waals surface area contributed by atoms with E-state index in [-0.39, 0.29) is 6.61 Å². The number of hydrogen-bond donors (Lipinski definition) is 6. The molecule has 0 spiro atoms. The van der Waals surface area contributed by atoms with Crippen LogP contribution >= 0.6 is 0 Å². The smallest absolute Gasteiger partial charge is 0.336 e. The van der Waals surface area contributed by atoms with Crippen LogP contribution in [0.5, 0.6) is 0 Å². The van der Waals surface area contributed by atoms with Gasteiger partial charge in [-0.1, -0.05) is 19.4 Å². The number of carbonyl (C=O) groups excluding carboxylic acids is 1. The van der Waals surface area contributed by atoms with Crippen molar-refractivity contribution in [2.24, 2.45) is 5.41 Å². The second kappa shape index (κ2) is 10.00. The summed E-state index contributed by atoms with van der Waals surface area (Å²) >= 11 is 0. The van der Waals surface area contributed by atoms with Crippen molar-refractivity contribution in [2.45, 2.75) is 95.3 Å². The highest BCUT2D eigenvalue weighted by molar-refractivity contribution is 5.91. The molecule has 9 atom stereocenters. The topological polar surface area (TPSA) is 175 Å². The van der Waals surface area contributed by atoms with E-state index < -0.39 is 73.3 Å². The van der Waals surface area contributed by atoms with E-state index in [2.05, 4.69) is 0 Å². The van der Waals surface area contributed by atoms with Crippen molar-refractivity contribution >= 4 is 5.97 Å². The molecule has 0 radical (unpaired) electrons. The van der Waals surface area contributed by atoms with Crippen molar-refractivity contribution in [1.29, 1.82) is 0 Å². The van der Waals surface area contributed by atoms with Gasteiger partial charge in [-0.05, 0) is 31.6 Å². The lowest BCUT2D eigenvalue weighted by Gasteiger charge is -2.41. The minimum atomic E-state index is -1.69. The van der Waals surface area contributed by atoms with Crippen LogP contribution in [0.4, 0.5) is 0 Å². The van der Waals surface area contributed by atoms with E-state index in [1.165, 1.54) is 0 Å². The number of hydrogen-bond acceptors (Lipinski definition) is 11. The molecule has 0 unspecified atom stereocenters. The standard InChI is InChI=1S/C21H34O11/c1-9-5-4-6-21(2,3)12(9)18(28)32-20-17(27)15(25)14(24)11(31-20)8-30-19-16(26)13(23)10(22)7-29-19/h10-11,13-17,19-20,22-27H,4-8H2,1-3H3/t10-,11+,13-,14-,15-,16-,17+,19-,20-/m1/s1. The Morgan fingerprint density at radius 1 is 1.00 bits per heavy atom. The van der Waals surface area contributed by atoms with Crippen molar-refractivity contribution < 1.29 is 54.4 Å². The van der Waals surface area contributed by atoms with E-state index in [4.69, 9.17) is 18.9 Å². The number of rotatable bonds is 5. The molecule has 184 valence electrons. The molecule has 3 rings (SSSR count). The Kier molecular flexibility index (Phi) is 7.96. The molecule has 11 heteroatoms. The average Bonchev–Trinajstić information content (AvgIpc) is 2.72. The molecule has 32 heavy (non-hydrogen) atoms. The van der Waals surface area contributed by atoms with Crippen molar-refractivity contribution in [3.05, 3.63) is 11.1 Å². The van der Waals surface area contributed by atoms with Crippen molar-refractivity contribution in [3.63, 3.8) is 0 Å². The number of aliphatic hydroxyl groups is 6. The molecular formula is C21H34O11. The minimum Gasteiger partial charge on any atom is -0.429 e. The third-order valence-corrected chi connectivity index (χ3v) is 6.43. The maximum Gasteiger partial charge on any atom is 0.336 e. The summed E-state index contributed by atoms with van der Waals surface area (Å²) in [4.78, 5) is 12.9. The van der Waals surface area contributed by atoms with Crippen LogP contribution in [-0.4, -0.2) is 105 Å². The molecule has 2 aliphatic heterocycles. The third-order valence-electron chi connectivity index (χ3n) is 6.43. The van der Waals surface area contributed by atoms with E-state index in [0.29, 0.717) is 5.57 Å². The summed E-state index contributed by atoms with van der Waals surface area (Å²) in [7, 11) is 0. The van der Waals surface area contributed by atoms with E-state index in [1.807, 2.05) is 20.8 Å². The minimum absolute atomic E-state index is 0.275. The first-order chi connectivity index (χ1) is 14.9. The molecular weight excluding hydrogens is 428 g/mol. The quantitative estimate of drug-likeness (QED) is 0.257. The zero-order chi connectivity index (χ0) is 23.8. The molecule has 6 N–H and O–H groups in total. The zero-order valence-electron chi connectivity index (χ0n) is 18.5. The predicted octanol–water partition coefficient (Wildman–Crippen LogP) is -1.68. The van der Waals surface area contributed by atoms with Crippen LogP contribution in [0.3, 0.4) is 0 Å². The lowest BCUT2D eigenvalue weighted by Crippen LogP contribution is -2.60. The number of ether oxygens (including phenoxy) is 4. The van der Waals surface area contributed by atoms with Gasteiger partial charge in [-0.15, -0.1) is 0 Å². The van der Waals surface area contributed by atoms with Gasteiger partial charge in [0.2, 0.25) is 6.29 Å². The summed E-state index contributed by atoms with van der Waals surface area (Å²) in [6.45, 7) is 5.02. The molecule has 2 saturated heterocycles. The Morgan fingerprint density at radius 3 is 2.31 bits per heavy atom. The van der Waals surface area contributed by atoms with Gasteiger partial charge in [0.15, 0.2) is 6.29 Å². The normalized spacial score (nSPS) is 42.6. The Bertz CT molecular complexity index is 708. The van der Waals surface area contributed by atoms with Crippen molar-refractivity contribution in [1.82, 2.24) is 0 Å². The molecule has 0 saturated carbocycles. The highest BCUT2D eigenvalue weighted by Crippen LogP contribution is 2.41. The zero-order valence-corrected chi connectivity index (χ0v) is 18.5. The Hall–Kier alpha value is -1.15. The van der Waals surface area contributed by atoms with Gasteiger partial charge in [-0.25, -0.2) is 4.79 Å². The average molecular weight is 462 g/mol. The van der Waals surface area contributed by atoms with Crippen LogP contribution < -0.4 is 0 Å². The van der Waals surface area contributed by atoms with Gasteiger partial charge in [0.05, 0.1) is 13.2 Å². The first kappa shape index (κ1) is 25.5. The number of carbonyl (C=O) groups is 1. The van der Waals surface area contributed by atoms with E-state index >= 15 is 0 Å². The number of esters is 1. The fraction of sp³-hybridized carbons (Fsp3) is 0.857. The molecule has 2 fully saturated rings. The molecule has 3 aliphatic rings. The number of aliphatic hydroxyl groups excluding tert-OH is 6. The highest BCUT2D eigenvalue weighted by Gasteiger charge is 2.47. The fourth-order valence-corrected chi connectivity index (χ4v) is 4.51. The van der Waals surface area contributed by atoms with Gasteiger partial charge in [-0.3, -0.25) is 0 Å². The summed E-state index contributed by atoms with van der Waals surface area (Å²) in [5.41, 5.74) is 0.972. The van der Waals surface area contributed by atoms with Crippen LogP contribution in [0.1, 0.15) is 40.0 Å². The Morgan fingerprint density at radius 2 is 1.66 bits per heavy atom. The summed E-state index contributed by atoms with van der Waals surface area (Å²) in [6.07, 6.45) is -10.9. The Balaban J connectivity index is 1.66. The molecule has 0 aromatic heterocycles. The van der Waals surface area contributed by atoms with E-state index in [9.17, 15) is 35.4 Å². The maximum atomic E-state index is 12.9. The summed E-state index contributed by atoms with van der Waals surface area (Å²) in [5, 5.41) is 60.0. The second-order valence-electron chi connectivity index (χ2n) is 9.40. The third kappa shape index (κ3) is 5.16. The van der Waals surface area contributed by atoms with Gasteiger partial charge in [-0.2, -0.15) is 0 Å². The molecule has 1 aliphatic carbocycles. The lowest BCUT2D eigenvalue weighted by atomic mass is 9.73. The van der Waals surface area contributed by atoms with E-state index in [1.54, 1.807) is 0 Å².